The molecule has 12 heavy (non-hydrogen) atoms. The van der Waals surface area contributed by atoms with E-state index in [1.54, 1.807) is 0 Å². The lowest BCUT2D eigenvalue weighted by Crippen LogP contribution is -1.87. The molecular weight excluding hydrogens is 148 g/mol. The van der Waals surface area contributed by atoms with E-state index >= 15 is 0 Å². The zero-order valence-electron chi connectivity index (χ0n) is 7.37. The summed E-state index contributed by atoms with van der Waals surface area (Å²) in [4.78, 5) is 0. The first-order valence-electron chi connectivity index (χ1n) is 4.24. The zero-order valence-corrected chi connectivity index (χ0v) is 7.37. The van der Waals surface area contributed by atoms with E-state index in [-0.39, 0.29) is 0 Å². The first kappa shape index (κ1) is 7.41. The monoisotopic (exact) mass is 160 g/mol. The average molecular weight is 160 g/mol. The minimum atomic E-state index is 0.535. The third kappa shape index (κ3) is 1.11. The van der Waals surface area contributed by atoms with Crippen molar-refractivity contribution in [3.63, 3.8) is 0 Å². The second-order valence-corrected chi connectivity index (χ2v) is 3.38. The van der Waals surface area contributed by atoms with E-state index < -0.39 is 0 Å². The highest BCUT2D eigenvalue weighted by Crippen LogP contribution is 2.26. The van der Waals surface area contributed by atoms with Crippen LogP contribution in [0.3, 0.4) is 0 Å². The Balaban J connectivity index is 2.54. The molecule has 0 spiro atoms. The molecule has 2 rings (SSSR count). The second-order valence-electron chi connectivity index (χ2n) is 3.38. The fraction of sp³-hybridized carbons (Fsp3) is 0.273. The van der Waals surface area contributed by atoms with Gasteiger partial charge in [0.15, 0.2) is 0 Å². The molecule has 1 aliphatic carbocycles. The van der Waals surface area contributed by atoms with Crippen molar-refractivity contribution in [2.24, 2.45) is 0 Å². The van der Waals surface area contributed by atoms with E-state index in [1.165, 1.54) is 11.1 Å². The first-order chi connectivity index (χ1) is 5.77. The van der Waals surface area contributed by atoms with Crippen LogP contribution < -0.4 is 0 Å². The van der Waals surface area contributed by atoms with Crippen LogP contribution in [0, 0.1) is 0 Å². The third-order valence-corrected chi connectivity index (χ3v) is 2.12. The fourth-order valence-electron chi connectivity index (χ4n) is 1.29. The fourth-order valence-corrected chi connectivity index (χ4v) is 1.29. The second kappa shape index (κ2) is 2.67. The largest absolute Gasteiger partial charge is 0.464 e. The number of hydrogen-bond acceptors (Lipinski definition) is 1. The molecule has 0 amide bonds. The number of fused-ring (bicyclic) bond motifs is 1. The summed E-state index contributed by atoms with van der Waals surface area (Å²) in [5.74, 6) is 1.51. The quantitative estimate of drug-likeness (QED) is 0.622. The van der Waals surface area contributed by atoms with Gasteiger partial charge in [-0.2, -0.15) is 0 Å². The van der Waals surface area contributed by atoms with Crippen molar-refractivity contribution >= 4 is 0 Å². The first-order valence-corrected chi connectivity index (χ1v) is 4.24. The molecule has 0 radical (unpaired) electrons. The molecule has 2 aliphatic rings. The summed E-state index contributed by atoms with van der Waals surface area (Å²) in [5.41, 5.74) is 2.45. The summed E-state index contributed by atoms with van der Waals surface area (Å²) >= 11 is 0. The Labute approximate surface area is 72.4 Å². The van der Waals surface area contributed by atoms with Gasteiger partial charge in [0.2, 0.25) is 0 Å². The standard InChI is InChI=1S/C11H12O/c1-8(2)10-6-9-4-3-5-11(9)12-7-10/h3-8H,1-2H3. The Bertz CT molecular complexity index is 346. The van der Waals surface area contributed by atoms with Gasteiger partial charge >= 0.3 is 0 Å². The van der Waals surface area contributed by atoms with Crippen LogP contribution in [0.2, 0.25) is 0 Å². The Morgan fingerprint density at radius 1 is 1.25 bits per heavy atom. The highest BCUT2D eigenvalue weighted by molar-refractivity contribution is 5.60. The SMILES string of the molecule is CC(C)c1coc2cccc-2c1. The smallest absolute Gasteiger partial charge is 0.133 e. The minimum Gasteiger partial charge on any atom is -0.464 e. The van der Waals surface area contributed by atoms with Crippen molar-refractivity contribution in [2.45, 2.75) is 19.8 Å². The summed E-state index contributed by atoms with van der Waals surface area (Å²) in [6.45, 7) is 4.33. The topological polar surface area (TPSA) is 13.1 Å². The summed E-state index contributed by atoms with van der Waals surface area (Å²) < 4.78 is 5.44. The van der Waals surface area contributed by atoms with Gasteiger partial charge < -0.3 is 4.42 Å². The van der Waals surface area contributed by atoms with E-state index in [1.807, 2.05) is 18.4 Å². The van der Waals surface area contributed by atoms with Gasteiger partial charge in [0, 0.05) is 5.56 Å². The van der Waals surface area contributed by atoms with Crippen LogP contribution >= 0.6 is 0 Å². The third-order valence-electron chi connectivity index (χ3n) is 2.12. The normalized spacial score (nSPS) is 11.2. The van der Waals surface area contributed by atoms with Crippen LogP contribution in [0.5, 0.6) is 0 Å². The number of rotatable bonds is 1. The van der Waals surface area contributed by atoms with Crippen LogP contribution in [0.4, 0.5) is 0 Å². The van der Waals surface area contributed by atoms with E-state index in [2.05, 4.69) is 26.0 Å². The maximum absolute atomic E-state index is 5.44. The van der Waals surface area contributed by atoms with Crippen LogP contribution in [0.1, 0.15) is 25.3 Å². The predicted octanol–water partition coefficient (Wildman–Crippen LogP) is 3.51. The molecule has 0 aromatic carbocycles. The van der Waals surface area contributed by atoms with Gasteiger partial charge in [-0.1, -0.05) is 26.0 Å². The van der Waals surface area contributed by atoms with Gasteiger partial charge in [0.1, 0.15) is 5.76 Å². The number of hydrogen-bond donors (Lipinski definition) is 0. The van der Waals surface area contributed by atoms with Gasteiger partial charge in [0.25, 0.3) is 0 Å². The van der Waals surface area contributed by atoms with Crippen molar-refractivity contribution in [1.82, 2.24) is 0 Å². The van der Waals surface area contributed by atoms with Crippen LogP contribution in [-0.2, 0) is 0 Å². The lowest BCUT2D eigenvalue weighted by molar-refractivity contribution is 0.553. The molecule has 0 bridgehead atoms. The lowest BCUT2D eigenvalue weighted by atomic mass is 10.0. The molecule has 1 aliphatic heterocycles. The minimum absolute atomic E-state index is 0.535. The van der Waals surface area contributed by atoms with Crippen LogP contribution in [-0.4, -0.2) is 0 Å². The average Bonchev–Trinajstić information content (AvgIpc) is 2.49. The van der Waals surface area contributed by atoms with Gasteiger partial charge in [0.05, 0.1) is 6.26 Å². The van der Waals surface area contributed by atoms with Gasteiger partial charge in [-0.15, -0.1) is 0 Å². The van der Waals surface area contributed by atoms with E-state index in [4.69, 9.17) is 4.42 Å². The molecule has 0 N–H and O–H groups in total. The van der Waals surface area contributed by atoms with Crippen molar-refractivity contribution < 1.29 is 4.42 Å². The van der Waals surface area contributed by atoms with E-state index in [0.717, 1.165) is 5.76 Å². The zero-order chi connectivity index (χ0) is 8.55. The highest BCUT2D eigenvalue weighted by Gasteiger charge is 2.06. The van der Waals surface area contributed by atoms with Crippen molar-refractivity contribution in [2.75, 3.05) is 0 Å². The lowest BCUT2D eigenvalue weighted by Gasteiger charge is -2.06. The molecule has 1 heteroatoms. The summed E-state index contributed by atoms with van der Waals surface area (Å²) in [7, 11) is 0. The Morgan fingerprint density at radius 2 is 2.08 bits per heavy atom. The van der Waals surface area contributed by atoms with Gasteiger partial charge in [-0.3, -0.25) is 0 Å². The molecule has 0 atom stereocenters. The Morgan fingerprint density at radius 3 is 2.83 bits per heavy atom. The van der Waals surface area contributed by atoms with Crippen LogP contribution in [0.15, 0.2) is 34.9 Å². The van der Waals surface area contributed by atoms with Crippen molar-refractivity contribution in [3.05, 3.63) is 36.1 Å². The van der Waals surface area contributed by atoms with Crippen LogP contribution in [0.25, 0.3) is 11.3 Å². The Kier molecular flexibility index (Phi) is 1.65. The maximum atomic E-state index is 5.44. The molecule has 0 aromatic rings. The molecule has 62 valence electrons. The molecule has 0 saturated heterocycles. The molecule has 0 fully saturated rings. The van der Waals surface area contributed by atoms with Gasteiger partial charge in [-0.05, 0) is 23.6 Å². The van der Waals surface area contributed by atoms with Gasteiger partial charge in [-0.25, -0.2) is 0 Å². The summed E-state index contributed by atoms with van der Waals surface area (Å²) in [5, 5.41) is 0. The molecule has 0 aromatic heterocycles. The Hall–Kier alpha value is -1.24. The highest BCUT2D eigenvalue weighted by atomic mass is 16.3. The van der Waals surface area contributed by atoms with E-state index in [0.29, 0.717) is 5.92 Å². The predicted molar refractivity (Wildman–Crippen MR) is 49.4 cm³/mol. The molecule has 0 unspecified atom stereocenters. The molecule has 1 nitrogen and oxygen atoms in total. The van der Waals surface area contributed by atoms with E-state index in [9.17, 15) is 0 Å². The summed E-state index contributed by atoms with van der Waals surface area (Å²) in [6.07, 6.45) is 1.84. The van der Waals surface area contributed by atoms with Crippen molar-refractivity contribution in [3.8, 4) is 11.3 Å². The maximum Gasteiger partial charge on any atom is 0.133 e. The summed E-state index contributed by atoms with van der Waals surface area (Å²) in [6, 6.07) is 8.26. The molecule has 0 saturated carbocycles. The molecule has 1 heterocycles. The van der Waals surface area contributed by atoms with Crippen molar-refractivity contribution in [1.29, 1.82) is 0 Å². The molecular formula is C11H12O.